The maximum atomic E-state index is 5.84. The van der Waals surface area contributed by atoms with Crippen LogP contribution in [0.15, 0.2) is 4.99 Å². The fourth-order valence-electron chi connectivity index (χ4n) is 2.02. The first-order valence-corrected chi connectivity index (χ1v) is 7.43. The Morgan fingerprint density at radius 1 is 1.16 bits per heavy atom. The number of nitrogens with one attached hydrogen (secondary N) is 1. The Morgan fingerprint density at radius 3 is 2.32 bits per heavy atom. The third-order valence-corrected chi connectivity index (χ3v) is 3.30. The van der Waals surface area contributed by atoms with Crippen LogP contribution < -0.4 is 11.1 Å². The molecule has 1 unspecified atom stereocenters. The smallest absolute Gasteiger partial charge is 0.188 e. The lowest BCUT2D eigenvalue weighted by Gasteiger charge is -2.24. The monoisotopic (exact) mass is 384 g/mol. The van der Waals surface area contributed by atoms with Crippen molar-refractivity contribution in [2.45, 2.75) is 59.4 Å². The molecule has 0 rings (SSSR count). The van der Waals surface area contributed by atoms with E-state index in [0.29, 0.717) is 12.0 Å². The molecule has 0 saturated carbocycles. The molecule has 19 heavy (non-hydrogen) atoms. The van der Waals surface area contributed by atoms with Gasteiger partial charge >= 0.3 is 0 Å². The molecule has 0 aliphatic carbocycles. The van der Waals surface area contributed by atoms with E-state index in [4.69, 9.17) is 5.73 Å². The predicted molar refractivity (Wildman–Crippen MR) is 96.4 cm³/mol. The molecular weight excluding hydrogens is 351 g/mol. The first-order chi connectivity index (χ1) is 8.65. The Hall–Kier alpha value is -0.0400. The molecule has 0 aromatic heterocycles. The first kappa shape index (κ1) is 21.3. The minimum Gasteiger partial charge on any atom is -0.370 e. The molecule has 0 radical (unpaired) electrons. The van der Waals surface area contributed by atoms with Crippen molar-refractivity contribution in [2.75, 3.05) is 26.2 Å². The summed E-state index contributed by atoms with van der Waals surface area (Å²) in [5, 5.41) is 3.18. The number of halogens is 1. The maximum Gasteiger partial charge on any atom is 0.188 e. The highest BCUT2D eigenvalue weighted by Crippen LogP contribution is 1.99. The SMILES string of the molecule is CCCCCCNC(N)=NCC(C)N(CC)CC.I. The van der Waals surface area contributed by atoms with Crippen LogP contribution in [0.5, 0.6) is 0 Å². The predicted octanol–water partition coefficient (Wildman–Crippen LogP) is 2.82. The van der Waals surface area contributed by atoms with E-state index in [1.54, 1.807) is 0 Å². The molecule has 0 bridgehead atoms. The molecule has 0 saturated heterocycles. The number of unbranched alkanes of at least 4 members (excludes halogenated alkanes) is 3. The van der Waals surface area contributed by atoms with Gasteiger partial charge in [0.2, 0.25) is 0 Å². The first-order valence-electron chi connectivity index (χ1n) is 7.43. The average Bonchev–Trinajstić information content (AvgIpc) is 2.37. The number of guanidine groups is 1. The molecule has 0 fully saturated rings. The van der Waals surface area contributed by atoms with Crippen LogP contribution in [0.4, 0.5) is 0 Å². The average molecular weight is 384 g/mol. The lowest BCUT2D eigenvalue weighted by Crippen LogP contribution is -2.37. The Morgan fingerprint density at radius 2 is 1.79 bits per heavy atom. The molecular formula is C14H33IN4. The van der Waals surface area contributed by atoms with Crippen LogP contribution in [0.3, 0.4) is 0 Å². The van der Waals surface area contributed by atoms with E-state index in [1.165, 1.54) is 25.7 Å². The Balaban J connectivity index is 0. The summed E-state index contributed by atoms with van der Waals surface area (Å²) in [7, 11) is 0. The number of rotatable bonds is 10. The second kappa shape index (κ2) is 14.4. The van der Waals surface area contributed by atoms with E-state index >= 15 is 0 Å². The summed E-state index contributed by atoms with van der Waals surface area (Å²) in [5.41, 5.74) is 5.84. The highest BCUT2D eigenvalue weighted by molar-refractivity contribution is 14.0. The number of aliphatic imine (C=N–C) groups is 1. The zero-order chi connectivity index (χ0) is 13.8. The van der Waals surface area contributed by atoms with Crippen LogP contribution in [0.1, 0.15) is 53.4 Å². The standard InChI is InChI=1S/C14H32N4.HI/c1-5-8-9-10-11-16-14(15)17-12-13(4)18(6-2)7-3;/h13H,5-12H2,1-4H3,(H3,15,16,17);1H. The van der Waals surface area contributed by atoms with E-state index in [1.807, 2.05) is 0 Å². The van der Waals surface area contributed by atoms with Gasteiger partial charge in [0.25, 0.3) is 0 Å². The van der Waals surface area contributed by atoms with Gasteiger partial charge in [-0.1, -0.05) is 40.0 Å². The number of nitrogens with zero attached hydrogens (tertiary/aromatic N) is 2. The van der Waals surface area contributed by atoms with Crippen molar-refractivity contribution in [1.29, 1.82) is 0 Å². The van der Waals surface area contributed by atoms with E-state index in [2.05, 4.69) is 42.9 Å². The van der Waals surface area contributed by atoms with Crippen molar-refractivity contribution in [3.63, 3.8) is 0 Å². The second-order valence-electron chi connectivity index (χ2n) is 4.78. The Kier molecular flexibility index (Phi) is 16.1. The number of nitrogens with two attached hydrogens (primary N) is 1. The van der Waals surface area contributed by atoms with E-state index < -0.39 is 0 Å². The highest BCUT2D eigenvalue weighted by Gasteiger charge is 2.08. The highest BCUT2D eigenvalue weighted by atomic mass is 127. The van der Waals surface area contributed by atoms with Gasteiger partial charge in [-0.15, -0.1) is 24.0 Å². The topological polar surface area (TPSA) is 53.6 Å². The summed E-state index contributed by atoms with van der Waals surface area (Å²) in [6.45, 7) is 12.6. The van der Waals surface area contributed by atoms with Crippen molar-refractivity contribution >= 4 is 29.9 Å². The van der Waals surface area contributed by atoms with Crippen LogP contribution in [0.25, 0.3) is 0 Å². The minimum absolute atomic E-state index is 0. The molecule has 3 N–H and O–H groups in total. The van der Waals surface area contributed by atoms with E-state index in [-0.39, 0.29) is 24.0 Å². The van der Waals surface area contributed by atoms with Gasteiger partial charge in [-0.25, -0.2) is 0 Å². The summed E-state index contributed by atoms with van der Waals surface area (Å²) in [6, 6.07) is 0.459. The Labute approximate surface area is 136 Å². The summed E-state index contributed by atoms with van der Waals surface area (Å²) in [4.78, 5) is 6.79. The molecule has 0 spiro atoms. The van der Waals surface area contributed by atoms with Crippen LogP contribution in [0, 0.1) is 0 Å². The van der Waals surface area contributed by atoms with Gasteiger partial charge in [0.1, 0.15) is 0 Å². The van der Waals surface area contributed by atoms with Crippen molar-refractivity contribution in [3.05, 3.63) is 0 Å². The number of hydrogen-bond acceptors (Lipinski definition) is 2. The van der Waals surface area contributed by atoms with Crippen molar-refractivity contribution < 1.29 is 0 Å². The van der Waals surface area contributed by atoms with E-state index in [9.17, 15) is 0 Å². The van der Waals surface area contributed by atoms with Gasteiger partial charge in [0, 0.05) is 12.6 Å². The zero-order valence-electron chi connectivity index (χ0n) is 13.1. The molecule has 116 valence electrons. The van der Waals surface area contributed by atoms with Gasteiger partial charge in [-0.3, -0.25) is 9.89 Å². The third kappa shape index (κ3) is 11.5. The van der Waals surface area contributed by atoms with Crippen molar-refractivity contribution in [1.82, 2.24) is 10.2 Å². The quantitative estimate of drug-likeness (QED) is 0.264. The van der Waals surface area contributed by atoms with Crippen LogP contribution >= 0.6 is 24.0 Å². The number of likely N-dealkylation sites (N-methyl/N-ethyl adjacent to an activating group) is 1. The molecule has 0 aliphatic rings. The van der Waals surface area contributed by atoms with Gasteiger partial charge in [0.05, 0.1) is 6.54 Å². The summed E-state index contributed by atoms with van der Waals surface area (Å²) in [5.74, 6) is 0.588. The molecule has 0 heterocycles. The molecule has 1 atom stereocenters. The minimum atomic E-state index is 0. The molecule has 0 amide bonds. The largest absolute Gasteiger partial charge is 0.370 e. The molecule has 0 aromatic rings. The fourth-order valence-corrected chi connectivity index (χ4v) is 2.02. The lowest BCUT2D eigenvalue weighted by atomic mass is 10.2. The zero-order valence-corrected chi connectivity index (χ0v) is 15.4. The lowest BCUT2D eigenvalue weighted by molar-refractivity contribution is 0.237. The van der Waals surface area contributed by atoms with Gasteiger partial charge < -0.3 is 11.1 Å². The molecule has 5 heteroatoms. The number of hydrogen-bond donors (Lipinski definition) is 2. The molecule has 4 nitrogen and oxygen atoms in total. The van der Waals surface area contributed by atoms with Gasteiger partial charge in [-0.2, -0.15) is 0 Å². The van der Waals surface area contributed by atoms with Crippen LogP contribution in [-0.4, -0.2) is 43.1 Å². The fraction of sp³-hybridized carbons (Fsp3) is 0.929. The second-order valence-corrected chi connectivity index (χ2v) is 4.78. The summed E-state index contributed by atoms with van der Waals surface area (Å²) < 4.78 is 0. The normalized spacial score (nSPS) is 13.2. The molecule has 0 aliphatic heterocycles. The Bertz CT molecular complexity index is 217. The van der Waals surface area contributed by atoms with Crippen molar-refractivity contribution in [2.24, 2.45) is 10.7 Å². The van der Waals surface area contributed by atoms with Gasteiger partial charge in [-0.05, 0) is 26.4 Å². The maximum absolute atomic E-state index is 5.84. The molecule has 0 aromatic carbocycles. The summed E-state index contributed by atoms with van der Waals surface area (Å²) in [6.07, 6.45) is 5.02. The van der Waals surface area contributed by atoms with Gasteiger partial charge in [0.15, 0.2) is 5.96 Å². The van der Waals surface area contributed by atoms with Crippen LogP contribution in [-0.2, 0) is 0 Å². The van der Waals surface area contributed by atoms with E-state index in [0.717, 1.165) is 26.2 Å². The third-order valence-electron chi connectivity index (χ3n) is 3.30. The van der Waals surface area contributed by atoms with Crippen LogP contribution in [0.2, 0.25) is 0 Å². The summed E-state index contributed by atoms with van der Waals surface area (Å²) >= 11 is 0. The van der Waals surface area contributed by atoms with Crippen molar-refractivity contribution in [3.8, 4) is 0 Å².